The normalized spacial score (nSPS) is 18.3. The van der Waals surface area contributed by atoms with Crippen molar-refractivity contribution in [1.29, 1.82) is 0 Å². The van der Waals surface area contributed by atoms with Gasteiger partial charge in [0.1, 0.15) is 6.04 Å². The van der Waals surface area contributed by atoms with E-state index in [9.17, 15) is 14.4 Å². The van der Waals surface area contributed by atoms with E-state index in [1.807, 2.05) is 42.6 Å². The molecule has 9 heteroatoms. The smallest absolute Gasteiger partial charge is 0.264 e. The van der Waals surface area contributed by atoms with Crippen molar-refractivity contribution >= 4 is 40.4 Å². The first kappa shape index (κ1) is 23.3. The van der Waals surface area contributed by atoms with Gasteiger partial charge in [0.05, 0.1) is 24.6 Å². The lowest BCUT2D eigenvalue weighted by atomic mass is 10.2. The molecule has 0 spiro atoms. The predicted molar refractivity (Wildman–Crippen MR) is 129 cm³/mol. The van der Waals surface area contributed by atoms with Crippen LogP contribution in [0.15, 0.2) is 41.8 Å². The number of likely N-dealkylation sites (tertiary alicyclic amines) is 1. The number of morpholine rings is 1. The van der Waals surface area contributed by atoms with Gasteiger partial charge >= 0.3 is 0 Å². The first-order chi connectivity index (χ1) is 16.1. The number of nitrogens with zero attached hydrogens (tertiary/aromatic N) is 3. The van der Waals surface area contributed by atoms with Gasteiger partial charge in [-0.1, -0.05) is 6.07 Å². The van der Waals surface area contributed by atoms with Crippen LogP contribution >= 0.6 is 11.3 Å². The summed E-state index contributed by atoms with van der Waals surface area (Å²) < 4.78 is 5.39. The molecule has 1 aromatic carbocycles. The molecule has 2 aliphatic rings. The molecule has 8 nitrogen and oxygen atoms in total. The fourth-order valence-corrected chi connectivity index (χ4v) is 4.99. The van der Waals surface area contributed by atoms with E-state index in [1.165, 1.54) is 16.2 Å². The Labute approximate surface area is 198 Å². The van der Waals surface area contributed by atoms with Crippen LogP contribution < -0.4 is 10.2 Å². The highest BCUT2D eigenvalue weighted by Crippen LogP contribution is 2.24. The predicted octanol–water partition coefficient (Wildman–Crippen LogP) is 2.68. The van der Waals surface area contributed by atoms with Gasteiger partial charge in [-0.25, -0.2) is 0 Å². The minimum Gasteiger partial charge on any atom is -0.378 e. The molecular weight excluding hydrogens is 440 g/mol. The van der Waals surface area contributed by atoms with Gasteiger partial charge < -0.3 is 24.8 Å². The van der Waals surface area contributed by atoms with Crippen LogP contribution in [-0.2, 0) is 14.3 Å². The Bertz CT molecular complexity index is 957. The van der Waals surface area contributed by atoms with Crippen LogP contribution in [0.5, 0.6) is 0 Å². The number of rotatable bonds is 7. The number of amides is 3. The Hall–Kier alpha value is -2.91. The number of thiophene rings is 1. The zero-order valence-electron chi connectivity index (χ0n) is 18.9. The van der Waals surface area contributed by atoms with Crippen molar-refractivity contribution in [3.8, 4) is 0 Å². The van der Waals surface area contributed by atoms with E-state index in [2.05, 4.69) is 10.2 Å². The highest BCUT2D eigenvalue weighted by atomic mass is 32.1. The summed E-state index contributed by atoms with van der Waals surface area (Å²) in [4.78, 5) is 44.8. The quantitative estimate of drug-likeness (QED) is 0.673. The second-order valence-corrected chi connectivity index (χ2v) is 9.13. The summed E-state index contributed by atoms with van der Waals surface area (Å²) in [5, 5.41) is 4.74. The number of anilines is 2. The van der Waals surface area contributed by atoms with Gasteiger partial charge in [-0.3, -0.25) is 14.4 Å². The lowest BCUT2D eigenvalue weighted by Crippen LogP contribution is -2.49. The molecule has 2 fully saturated rings. The van der Waals surface area contributed by atoms with Crippen LogP contribution in [0.25, 0.3) is 0 Å². The van der Waals surface area contributed by atoms with Crippen molar-refractivity contribution in [2.75, 3.05) is 56.2 Å². The summed E-state index contributed by atoms with van der Waals surface area (Å²) in [5.74, 6) is -0.530. The fraction of sp³-hybridized carbons (Fsp3) is 0.458. The molecule has 33 heavy (non-hydrogen) atoms. The molecule has 0 bridgehead atoms. The fourth-order valence-electron chi connectivity index (χ4n) is 4.32. The van der Waals surface area contributed by atoms with Gasteiger partial charge in [-0.2, -0.15) is 0 Å². The van der Waals surface area contributed by atoms with E-state index in [0.29, 0.717) is 30.1 Å². The van der Waals surface area contributed by atoms with Gasteiger partial charge in [0.25, 0.3) is 5.91 Å². The van der Waals surface area contributed by atoms with Gasteiger partial charge in [-0.05, 0) is 55.5 Å². The number of benzene rings is 1. The summed E-state index contributed by atoms with van der Waals surface area (Å²) in [6.07, 6.45) is 1.41. The van der Waals surface area contributed by atoms with E-state index >= 15 is 0 Å². The molecule has 2 aliphatic heterocycles. The first-order valence-electron chi connectivity index (χ1n) is 11.4. The summed E-state index contributed by atoms with van der Waals surface area (Å²) >= 11 is 1.38. The monoisotopic (exact) mass is 470 g/mol. The molecule has 176 valence electrons. The molecule has 3 heterocycles. The zero-order valence-corrected chi connectivity index (χ0v) is 19.7. The minimum atomic E-state index is -0.514. The molecular formula is C24H30N4O4S. The summed E-state index contributed by atoms with van der Waals surface area (Å²) in [7, 11) is 0. The number of hydrogen-bond acceptors (Lipinski definition) is 6. The van der Waals surface area contributed by atoms with Gasteiger partial charge in [0, 0.05) is 37.6 Å². The molecule has 3 amide bonds. The molecule has 2 aromatic rings. The SMILES string of the molecule is CCN(CC(=O)Nc1ccc(N2CCOCC2)cc1)C(=O)C1CCCN1C(=O)c1cccs1. The molecule has 2 saturated heterocycles. The second-order valence-electron chi connectivity index (χ2n) is 8.18. The highest BCUT2D eigenvalue weighted by molar-refractivity contribution is 7.12. The van der Waals surface area contributed by atoms with Crippen molar-refractivity contribution < 1.29 is 19.1 Å². The molecule has 1 N–H and O–H groups in total. The van der Waals surface area contributed by atoms with E-state index in [0.717, 1.165) is 38.4 Å². The molecule has 0 radical (unpaired) electrons. The van der Waals surface area contributed by atoms with Crippen molar-refractivity contribution in [2.45, 2.75) is 25.8 Å². The second kappa shape index (κ2) is 10.8. The maximum absolute atomic E-state index is 13.2. The molecule has 0 aliphatic carbocycles. The third-order valence-corrected chi connectivity index (χ3v) is 6.94. The molecule has 1 unspecified atom stereocenters. The average Bonchev–Trinajstić information content (AvgIpc) is 3.55. The van der Waals surface area contributed by atoms with Crippen LogP contribution in [-0.4, -0.2) is 79.5 Å². The molecule has 0 saturated carbocycles. The Kier molecular flexibility index (Phi) is 7.61. The lowest BCUT2D eigenvalue weighted by Gasteiger charge is -2.29. The van der Waals surface area contributed by atoms with E-state index in [-0.39, 0.29) is 24.3 Å². The van der Waals surface area contributed by atoms with Gasteiger partial charge in [-0.15, -0.1) is 11.3 Å². The average molecular weight is 471 g/mol. The number of hydrogen-bond donors (Lipinski definition) is 1. The molecule has 1 atom stereocenters. The van der Waals surface area contributed by atoms with E-state index < -0.39 is 6.04 Å². The van der Waals surface area contributed by atoms with Crippen LogP contribution in [0.3, 0.4) is 0 Å². The Balaban J connectivity index is 1.34. The first-order valence-corrected chi connectivity index (χ1v) is 12.3. The van der Waals surface area contributed by atoms with Crippen molar-refractivity contribution in [3.05, 3.63) is 46.7 Å². The third-order valence-electron chi connectivity index (χ3n) is 6.09. The van der Waals surface area contributed by atoms with E-state index in [1.54, 1.807) is 11.0 Å². The maximum atomic E-state index is 13.2. The number of ether oxygens (including phenoxy) is 1. The minimum absolute atomic E-state index is 0.0436. The number of carbonyl (C=O) groups is 3. The van der Waals surface area contributed by atoms with Crippen LogP contribution in [0.4, 0.5) is 11.4 Å². The van der Waals surface area contributed by atoms with Crippen molar-refractivity contribution in [3.63, 3.8) is 0 Å². The summed E-state index contributed by atoms with van der Waals surface area (Å²) in [5.41, 5.74) is 1.79. The van der Waals surface area contributed by atoms with Crippen LogP contribution in [0, 0.1) is 0 Å². The highest BCUT2D eigenvalue weighted by Gasteiger charge is 2.37. The lowest BCUT2D eigenvalue weighted by molar-refractivity contribution is -0.137. The van der Waals surface area contributed by atoms with Crippen molar-refractivity contribution in [2.24, 2.45) is 0 Å². The Morgan fingerprint density at radius 3 is 2.55 bits per heavy atom. The third kappa shape index (κ3) is 5.54. The molecule has 1 aromatic heterocycles. The maximum Gasteiger partial charge on any atom is 0.264 e. The largest absolute Gasteiger partial charge is 0.378 e. The molecule has 4 rings (SSSR count). The van der Waals surface area contributed by atoms with E-state index in [4.69, 9.17) is 4.74 Å². The van der Waals surface area contributed by atoms with Crippen LogP contribution in [0.2, 0.25) is 0 Å². The Morgan fingerprint density at radius 2 is 1.88 bits per heavy atom. The van der Waals surface area contributed by atoms with Crippen molar-refractivity contribution in [1.82, 2.24) is 9.80 Å². The van der Waals surface area contributed by atoms with Gasteiger partial charge in [0.2, 0.25) is 11.8 Å². The zero-order chi connectivity index (χ0) is 23.2. The summed E-state index contributed by atoms with van der Waals surface area (Å²) in [6, 6.07) is 10.8. The number of nitrogens with one attached hydrogen (secondary N) is 1. The number of likely N-dealkylation sites (N-methyl/N-ethyl adjacent to an activating group) is 1. The summed E-state index contributed by atoms with van der Waals surface area (Å²) in [6.45, 7) is 5.92. The van der Waals surface area contributed by atoms with Gasteiger partial charge in [0.15, 0.2) is 0 Å². The topological polar surface area (TPSA) is 82.2 Å². The Morgan fingerprint density at radius 1 is 1.12 bits per heavy atom. The van der Waals surface area contributed by atoms with Crippen LogP contribution in [0.1, 0.15) is 29.4 Å². The number of carbonyl (C=O) groups excluding carboxylic acids is 3. The standard InChI is InChI=1S/C24H30N4O4S/c1-2-26(23(30)20-5-3-11-28(20)24(31)21-6-4-16-33-21)17-22(29)25-18-7-9-19(10-8-18)27-12-14-32-15-13-27/h4,6-10,16,20H,2-3,5,11-15,17H2,1H3,(H,25,29).